The lowest BCUT2D eigenvalue weighted by Crippen LogP contribution is -2.37. The van der Waals surface area contributed by atoms with Crippen molar-refractivity contribution in [2.24, 2.45) is 0 Å². The van der Waals surface area contributed by atoms with Crippen LogP contribution in [0, 0.1) is 11.6 Å². The number of hydrogen-bond acceptors (Lipinski definition) is 2. The number of benzene rings is 1. The Bertz CT molecular complexity index is 424. The Balaban J connectivity index is 2.42. The van der Waals surface area contributed by atoms with Crippen molar-refractivity contribution in [1.29, 1.82) is 0 Å². The van der Waals surface area contributed by atoms with Crippen LogP contribution in [0.25, 0.3) is 0 Å². The molecule has 0 atom stereocenters. The van der Waals surface area contributed by atoms with Crippen molar-refractivity contribution < 1.29 is 13.6 Å². The van der Waals surface area contributed by atoms with Gasteiger partial charge in [-0.2, -0.15) is 0 Å². The monoisotopic (exact) mass is 255 g/mol. The van der Waals surface area contributed by atoms with E-state index < -0.39 is 11.6 Å². The topological polar surface area (TPSA) is 29.1 Å². The maximum atomic E-state index is 12.9. The number of halogens is 2. The van der Waals surface area contributed by atoms with Crippen molar-refractivity contribution in [2.75, 3.05) is 6.54 Å². The van der Waals surface area contributed by atoms with E-state index in [2.05, 4.69) is 5.32 Å². The van der Waals surface area contributed by atoms with Crippen LogP contribution in [0.3, 0.4) is 0 Å². The van der Waals surface area contributed by atoms with E-state index in [1.165, 1.54) is 6.07 Å². The number of Topliss-reactive ketones (excluding diaryl/α,β-unsaturated/α-hetero) is 1. The first-order valence-corrected chi connectivity index (χ1v) is 5.98. The molecule has 0 saturated heterocycles. The van der Waals surface area contributed by atoms with Crippen LogP contribution in [0.2, 0.25) is 0 Å². The number of carbonyl (C=O) groups excluding carboxylic acids is 1. The predicted octanol–water partition coefficient (Wildman–Crippen LogP) is 2.85. The first-order chi connectivity index (χ1) is 8.28. The highest BCUT2D eigenvalue weighted by molar-refractivity contribution is 5.81. The summed E-state index contributed by atoms with van der Waals surface area (Å²) in [5.74, 6) is -1.79. The van der Waals surface area contributed by atoms with Crippen molar-refractivity contribution in [3.8, 4) is 0 Å². The van der Waals surface area contributed by atoms with Crippen molar-refractivity contribution in [1.82, 2.24) is 5.32 Å². The van der Waals surface area contributed by atoms with Crippen LogP contribution in [0.4, 0.5) is 8.78 Å². The van der Waals surface area contributed by atoms with Crippen molar-refractivity contribution in [2.45, 2.75) is 39.2 Å². The molecule has 18 heavy (non-hydrogen) atoms. The van der Waals surface area contributed by atoms with Crippen LogP contribution in [0.5, 0.6) is 0 Å². The maximum Gasteiger partial charge on any atom is 0.159 e. The zero-order chi connectivity index (χ0) is 13.8. The van der Waals surface area contributed by atoms with Gasteiger partial charge < -0.3 is 5.32 Å². The molecule has 1 aromatic rings. The fourth-order valence-electron chi connectivity index (χ4n) is 1.54. The van der Waals surface area contributed by atoms with E-state index in [1.807, 2.05) is 20.8 Å². The summed E-state index contributed by atoms with van der Waals surface area (Å²) in [5, 5.41) is 3.20. The first kappa shape index (κ1) is 14.8. The Hall–Kier alpha value is -1.29. The van der Waals surface area contributed by atoms with Gasteiger partial charge in [0.1, 0.15) is 5.78 Å². The first-order valence-electron chi connectivity index (χ1n) is 5.98. The van der Waals surface area contributed by atoms with E-state index in [0.29, 0.717) is 18.5 Å². The minimum atomic E-state index is -0.909. The highest BCUT2D eigenvalue weighted by atomic mass is 19.2. The molecule has 1 rings (SSSR count). The van der Waals surface area contributed by atoms with Gasteiger partial charge in [0.25, 0.3) is 0 Å². The molecular formula is C14H19F2NO. The molecule has 0 fully saturated rings. The molecular weight excluding hydrogens is 236 g/mol. The van der Waals surface area contributed by atoms with Gasteiger partial charge in [0.15, 0.2) is 11.6 Å². The lowest BCUT2D eigenvalue weighted by Gasteiger charge is -2.20. The van der Waals surface area contributed by atoms with E-state index >= 15 is 0 Å². The van der Waals surface area contributed by atoms with Gasteiger partial charge >= 0.3 is 0 Å². The van der Waals surface area contributed by atoms with Gasteiger partial charge in [-0.15, -0.1) is 0 Å². The molecule has 0 aliphatic heterocycles. The van der Waals surface area contributed by atoms with Crippen LogP contribution in [0.1, 0.15) is 32.8 Å². The largest absolute Gasteiger partial charge is 0.312 e. The summed E-state index contributed by atoms with van der Waals surface area (Å²) in [6, 6.07) is 3.56. The van der Waals surface area contributed by atoms with Crippen LogP contribution in [-0.4, -0.2) is 17.9 Å². The molecule has 0 aliphatic carbocycles. The second-order valence-electron chi connectivity index (χ2n) is 5.39. The molecule has 0 amide bonds. The third-order valence-corrected chi connectivity index (χ3v) is 2.44. The summed E-state index contributed by atoms with van der Waals surface area (Å²) in [6.45, 7) is 6.65. The summed E-state index contributed by atoms with van der Waals surface area (Å²) >= 11 is 0. The summed E-state index contributed by atoms with van der Waals surface area (Å²) in [7, 11) is 0. The molecule has 2 nitrogen and oxygen atoms in total. The van der Waals surface area contributed by atoms with Gasteiger partial charge in [-0.3, -0.25) is 4.79 Å². The molecule has 0 heterocycles. The molecule has 0 bridgehead atoms. The quantitative estimate of drug-likeness (QED) is 0.876. The van der Waals surface area contributed by atoms with Gasteiger partial charge in [-0.25, -0.2) is 8.78 Å². The fraction of sp³-hybridized carbons (Fsp3) is 0.500. The molecule has 0 spiro atoms. The van der Waals surface area contributed by atoms with Crippen LogP contribution in [0.15, 0.2) is 18.2 Å². The van der Waals surface area contributed by atoms with Crippen LogP contribution in [-0.2, 0) is 11.2 Å². The van der Waals surface area contributed by atoms with Gasteiger partial charge in [-0.1, -0.05) is 6.07 Å². The second kappa shape index (κ2) is 6.05. The normalized spacial score (nSPS) is 11.6. The molecule has 0 saturated carbocycles. The molecule has 1 aromatic carbocycles. The average Bonchev–Trinajstić information content (AvgIpc) is 2.21. The third kappa shape index (κ3) is 5.36. The summed E-state index contributed by atoms with van der Waals surface area (Å²) in [6.07, 6.45) is 0.527. The van der Waals surface area contributed by atoms with Crippen molar-refractivity contribution >= 4 is 5.78 Å². The minimum Gasteiger partial charge on any atom is -0.312 e. The SMILES string of the molecule is CC(C)(C)NCCC(=O)Cc1ccc(F)c(F)c1. The van der Waals surface area contributed by atoms with E-state index in [4.69, 9.17) is 0 Å². The smallest absolute Gasteiger partial charge is 0.159 e. The number of hydrogen-bond donors (Lipinski definition) is 1. The molecule has 0 aliphatic rings. The lowest BCUT2D eigenvalue weighted by atomic mass is 10.1. The van der Waals surface area contributed by atoms with Gasteiger partial charge in [0.2, 0.25) is 0 Å². The second-order valence-corrected chi connectivity index (χ2v) is 5.39. The number of ketones is 1. The minimum absolute atomic E-state index is 0.0118. The van der Waals surface area contributed by atoms with Crippen LogP contribution < -0.4 is 5.32 Å². The van der Waals surface area contributed by atoms with E-state index in [1.54, 1.807) is 0 Å². The fourth-order valence-corrected chi connectivity index (χ4v) is 1.54. The average molecular weight is 255 g/mol. The Labute approximate surface area is 106 Å². The molecule has 1 N–H and O–H groups in total. The standard InChI is InChI=1S/C14H19F2NO/c1-14(2,3)17-7-6-11(18)8-10-4-5-12(15)13(16)9-10/h4-5,9,17H,6-8H2,1-3H3. The Kier molecular flexibility index (Phi) is 4.96. The number of carbonyl (C=O) groups is 1. The summed E-state index contributed by atoms with van der Waals surface area (Å²) in [4.78, 5) is 11.6. The third-order valence-electron chi connectivity index (χ3n) is 2.44. The molecule has 4 heteroatoms. The molecule has 0 aromatic heterocycles. The van der Waals surface area contributed by atoms with E-state index in [9.17, 15) is 13.6 Å². The molecule has 100 valence electrons. The van der Waals surface area contributed by atoms with E-state index in [-0.39, 0.29) is 17.7 Å². The van der Waals surface area contributed by atoms with Gasteiger partial charge in [-0.05, 0) is 38.5 Å². The maximum absolute atomic E-state index is 12.9. The Morgan fingerprint density at radius 2 is 1.89 bits per heavy atom. The van der Waals surface area contributed by atoms with E-state index in [0.717, 1.165) is 12.1 Å². The van der Waals surface area contributed by atoms with Crippen molar-refractivity contribution in [3.05, 3.63) is 35.4 Å². The van der Waals surface area contributed by atoms with Gasteiger partial charge in [0, 0.05) is 24.9 Å². The van der Waals surface area contributed by atoms with Gasteiger partial charge in [0.05, 0.1) is 0 Å². The lowest BCUT2D eigenvalue weighted by molar-refractivity contribution is -0.118. The zero-order valence-electron chi connectivity index (χ0n) is 11.0. The Morgan fingerprint density at radius 1 is 1.22 bits per heavy atom. The summed E-state index contributed by atoms with van der Waals surface area (Å²) in [5.41, 5.74) is 0.483. The highest BCUT2D eigenvalue weighted by Crippen LogP contribution is 2.10. The highest BCUT2D eigenvalue weighted by Gasteiger charge is 2.11. The zero-order valence-corrected chi connectivity index (χ0v) is 11.0. The van der Waals surface area contributed by atoms with Crippen molar-refractivity contribution in [3.63, 3.8) is 0 Å². The predicted molar refractivity (Wildman–Crippen MR) is 67.4 cm³/mol. The summed E-state index contributed by atoms with van der Waals surface area (Å²) < 4.78 is 25.6. The Morgan fingerprint density at radius 3 is 2.44 bits per heavy atom. The molecule has 0 unspecified atom stereocenters. The molecule has 0 radical (unpaired) electrons. The number of rotatable bonds is 5. The van der Waals surface area contributed by atoms with Crippen LogP contribution >= 0.6 is 0 Å². The number of nitrogens with one attached hydrogen (secondary N) is 1.